The first-order valence-corrected chi connectivity index (χ1v) is 8.41. The van der Waals surface area contributed by atoms with Crippen LogP contribution >= 0.6 is 0 Å². The fourth-order valence-electron chi connectivity index (χ4n) is 3.01. The number of piperazine rings is 1. The van der Waals surface area contributed by atoms with Crippen molar-refractivity contribution < 1.29 is 19.3 Å². The van der Waals surface area contributed by atoms with E-state index in [0.29, 0.717) is 13.2 Å². The number of rotatable bonds is 7. The third-order valence-corrected chi connectivity index (χ3v) is 4.14. The zero-order chi connectivity index (χ0) is 15.8. The van der Waals surface area contributed by atoms with E-state index < -0.39 is 0 Å². The summed E-state index contributed by atoms with van der Waals surface area (Å²) in [6.07, 6.45) is 1.24. The van der Waals surface area contributed by atoms with Gasteiger partial charge in [-0.25, -0.2) is 0 Å². The van der Waals surface area contributed by atoms with Crippen LogP contribution in [-0.4, -0.2) is 51.8 Å². The Hall–Kier alpha value is -1.59. The Bertz CT molecular complexity index is 471. The number of amides is 1. The van der Waals surface area contributed by atoms with Gasteiger partial charge in [-0.15, -0.1) is 0 Å². The summed E-state index contributed by atoms with van der Waals surface area (Å²) in [5.74, 6) is 0.812. The van der Waals surface area contributed by atoms with Gasteiger partial charge in [-0.1, -0.05) is 19.1 Å². The quantitative estimate of drug-likeness (QED) is 0.619. The van der Waals surface area contributed by atoms with Crippen LogP contribution < -0.4 is 19.9 Å². The lowest BCUT2D eigenvalue weighted by Crippen LogP contribution is -3.28. The van der Waals surface area contributed by atoms with Gasteiger partial charge in [0.1, 0.15) is 31.9 Å². The van der Waals surface area contributed by atoms with E-state index in [1.807, 2.05) is 31.2 Å². The van der Waals surface area contributed by atoms with E-state index >= 15 is 0 Å². The molecule has 1 aromatic carbocycles. The maximum absolute atomic E-state index is 12.3. The van der Waals surface area contributed by atoms with Crippen LogP contribution in [0.2, 0.25) is 0 Å². The molecule has 1 heterocycles. The standard InChI is InChI=1S/C17H27N3O2/c1-3-9-19-10-12-20(13-11-19)14-17(21)18-15-7-5-6-8-16(15)22-4-2/h5-8H,3-4,9-14H2,1-2H3,(H,18,21)/p+2. The van der Waals surface area contributed by atoms with Crippen LogP contribution in [0.3, 0.4) is 0 Å². The zero-order valence-corrected chi connectivity index (χ0v) is 13.8. The minimum absolute atomic E-state index is 0.0705. The minimum Gasteiger partial charge on any atom is -0.492 e. The molecule has 1 aromatic rings. The van der Waals surface area contributed by atoms with Crippen LogP contribution in [0.15, 0.2) is 24.3 Å². The van der Waals surface area contributed by atoms with Gasteiger partial charge in [-0.05, 0) is 25.5 Å². The van der Waals surface area contributed by atoms with Crippen molar-refractivity contribution in [3.8, 4) is 5.75 Å². The van der Waals surface area contributed by atoms with Crippen LogP contribution in [0.5, 0.6) is 5.75 Å². The molecule has 0 unspecified atom stereocenters. The minimum atomic E-state index is 0.0705. The molecule has 5 heteroatoms. The molecule has 0 aliphatic carbocycles. The number of hydrogen-bond donors (Lipinski definition) is 3. The highest BCUT2D eigenvalue weighted by Gasteiger charge is 2.24. The topological polar surface area (TPSA) is 47.2 Å². The van der Waals surface area contributed by atoms with Crippen molar-refractivity contribution >= 4 is 11.6 Å². The Labute approximate surface area is 133 Å². The van der Waals surface area contributed by atoms with Gasteiger partial charge in [0.15, 0.2) is 6.54 Å². The normalized spacial score (nSPS) is 21.4. The number of anilines is 1. The molecule has 1 amide bonds. The van der Waals surface area contributed by atoms with Gasteiger partial charge in [-0.2, -0.15) is 0 Å². The summed E-state index contributed by atoms with van der Waals surface area (Å²) in [4.78, 5) is 15.3. The van der Waals surface area contributed by atoms with Crippen LogP contribution in [0.1, 0.15) is 20.3 Å². The molecule has 1 fully saturated rings. The highest BCUT2D eigenvalue weighted by Crippen LogP contribution is 2.23. The number of quaternary nitrogens is 2. The van der Waals surface area contributed by atoms with Gasteiger partial charge in [0, 0.05) is 0 Å². The van der Waals surface area contributed by atoms with E-state index in [2.05, 4.69) is 12.2 Å². The van der Waals surface area contributed by atoms with Crippen molar-refractivity contribution in [2.45, 2.75) is 20.3 Å². The van der Waals surface area contributed by atoms with Crippen LogP contribution in [0.25, 0.3) is 0 Å². The van der Waals surface area contributed by atoms with Crippen molar-refractivity contribution in [3.05, 3.63) is 24.3 Å². The molecule has 0 aromatic heterocycles. The lowest BCUT2D eigenvalue weighted by Gasteiger charge is -2.29. The predicted octanol–water partition coefficient (Wildman–Crippen LogP) is -0.783. The van der Waals surface area contributed by atoms with Crippen molar-refractivity contribution in [1.29, 1.82) is 0 Å². The summed E-state index contributed by atoms with van der Waals surface area (Å²) < 4.78 is 5.54. The molecule has 1 aliphatic heterocycles. The molecule has 1 saturated heterocycles. The first-order chi connectivity index (χ1) is 10.7. The molecule has 0 bridgehead atoms. The Morgan fingerprint density at radius 2 is 1.82 bits per heavy atom. The third kappa shape index (κ3) is 5.00. The molecular formula is C17H29N3O2+2. The number of carbonyl (C=O) groups is 1. The highest BCUT2D eigenvalue weighted by molar-refractivity contribution is 5.92. The average Bonchev–Trinajstić information content (AvgIpc) is 2.52. The van der Waals surface area contributed by atoms with Crippen molar-refractivity contribution in [3.63, 3.8) is 0 Å². The lowest BCUT2D eigenvalue weighted by atomic mass is 10.2. The van der Waals surface area contributed by atoms with E-state index in [1.54, 1.807) is 4.90 Å². The number of hydrogen-bond acceptors (Lipinski definition) is 2. The summed E-state index contributed by atoms with van der Waals surface area (Å²) >= 11 is 0. The van der Waals surface area contributed by atoms with E-state index in [0.717, 1.165) is 24.5 Å². The SMILES string of the molecule is CCC[NH+]1CC[NH+](CC(=O)Nc2ccccc2OCC)CC1. The first kappa shape index (κ1) is 16.8. The number of nitrogens with one attached hydrogen (secondary N) is 3. The fourth-order valence-corrected chi connectivity index (χ4v) is 3.01. The van der Waals surface area contributed by atoms with Gasteiger partial charge in [-0.3, -0.25) is 4.79 Å². The van der Waals surface area contributed by atoms with Gasteiger partial charge in [0.05, 0.1) is 18.8 Å². The van der Waals surface area contributed by atoms with Crippen LogP contribution in [-0.2, 0) is 4.79 Å². The molecule has 0 atom stereocenters. The van der Waals surface area contributed by atoms with Crippen molar-refractivity contribution in [1.82, 2.24) is 0 Å². The fraction of sp³-hybridized carbons (Fsp3) is 0.588. The largest absolute Gasteiger partial charge is 0.492 e. The number of carbonyl (C=O) groups excluding carboxylic acids is 1. The van der Waals surface area contributed by atoms with E-state index in [-0.39, 0.29) is 5.91 Å². The smallest absolute Gasteiger partial charge is 0.279 e. The van der Waals surface area contributed by atoms with Crippen molar-refractivity contribution in [2.24, 2.45) is 0 Å². The van der Waals surface area contributed by atoms with E-state index in [9.17, 15) is 4.79 Å². The second-order valence-electron chi connectivity index (χ2n) is 5.90. The third-order valence-electron chi connectivity index (χ3n) is 4.14. The molecule has 0 spiro atoms. The first-order valence-electron chi connectivity index (χ1n) is 8.41. The summed E-state index contributed by atoms with van der Waals surface area (Å²) in [5.41, 5.74) is 0.768. The summed E-state index contributed by atoms with van der Waals surface area (Å²) in [6.45, 7) is 11.1. The summed E-state index contributed by atoms with van der Waals surface area (Å²) in [5, 5.41) is 2.99. The maximum atomic E-state index is 12.3. The van der Waals surface area contributed by atoms with Crippen LogP contribution in [0.4, 0.5) is 5.69 Å². The predicted molar refractivity (Wildman–Crippen MR) is 87.7 cm³/mol. The Morgan fingerprint density at radius 1 is 1.14 bits per heavy atom. The zero-order valence-electron chi connectivity index (χ0n) is 13.8. The average molecular weight is 307 g/mol. The molecule has 22 heavy (non-hydrogen) atoms. The van der Waals surface area contributed by atoms with Crippen molar-refractivity contribution in [2.75, 3.05) is 51.2 Å². The highest BCUT2D eigenvalue weighted by atomic mass is 16.5. The molecule has 2 rings (SSSR count). The number of benzene rings is 1. The van der Waals surface area contributed by atoms with Crippen LogP contribution in [0, 0.1) is 0 Å². The second-order valence-corrected chi connectivity index (χ2v) is 5.90. The van der Waals surface area contributed by atoms with E-state index in [1.165, 1.54) is 31.0 Å². The molecule has 0 radical (unpaired) electrons. The van der Waals surface area contributed by atoms with Gasteiger partial charge in [0.25, 0.3) is 5.91 Å². The molecule has 122 valence electrons. The van der Waals surface area contributed by atoms with E-state index in [4.69, 9.17) is 4.74 Å². The van der Waals surface area contributed by atoms with Gasteiger partial charge >= 0.3 is 0 Å². The molecule has 1 aliphatic rings. The molecule has 3 N–H and O–H groups in total. The van der Waals surface area contributed by atoms with Gasteiger partial charge in [0.2, 0.25) is 0 Å². The Balaban J connectivity index is 1.81. The number of para-hydroxylation sites is 2. The summed E-state index contributed by atoms with van der Waals surface area (Å²) in [7, 11) is 0. The summed E-state index contributed by atoms with van der Waals surface area (Å²) in [6, 6.07) is 7.61. The maximum Gasteiger partial charge on any atom is 0.279 e. The van der Waals surface area contributed by atoms with Gasteiger partial charge < -0.3 is 19.9 Å². The molecular weight excluding hydrogens is 278 g/mol. The Morgan fingerprint density at radius 3 is 2.50 bits per heavy atom. The molecule has 5 nitrogen and oxygen atoms in total. The number of ether oxygens (including phenoxy) is 1. The lowest BCUT2D eigenvalue weighted by molar-refractivity contribution is -1.01. The Kier molecular flexibility index (Phi) is 6.68. The molecule has 0 saturated carbocycles. The monoisotopic (exact) mass is 307 g/mol. The second kappa shape index (κ2) is 8.76.